The molecule has 0 bridgehead atoms. The van der Waals surface area contributed by atoms with Crippen LogP contribution in [0.15, 0.2) is 65.9 Å². The van der Waals surface area contributed by atoms with Gasteiger partial charge in [0, 0.05) is 29.3 Å². The van der Waals surface area contributed by atoms with Crippen LogP contribution < -0.4 is 5.32 Å². The largest absolute Gasteiger partial charge is 0.358 e. The smallest absolute Gasteiger partial charge is 0.162 e. The fraction of sp³-hybridized carbons (Fsp3) is 0.240. The highest BCUT2D eigenvalue weighted by atomic mass is 35.5. The second-order valence-corrected chi connectivity index (χ2v) is 9.63. The van der Waals surface area contributed by atoms with E-state index in [1.165, 1.54) is 0 Å². The molecule has 3 aromatic carbocycles. The van der Waals surface area contributed by atoms with Gasteiger partial charge in [-0.3, -0.25) is 4.79 Å². The summed E-state index contributed by atoms with van der Waals surface area (Å²) in [4.78, 5) is 13.4. The Balaban J connectivity index is 1.82. The van der Waals surface area contributed by atoms with Gasteiger partial charge in [0.2, 0.25) is 0 Å². The molecule has 1 aliphatic carbocycles. The van der Waals surface area contributed by atoms with E-state index in [1.807, 2.05) is 30.3 Å². The summed E-state index contributed by atoms with van der Waals surface area (Å²) in [6, 6.07) is 18.3. The molecule has 0 fully saturated rings. The van der Waals surface area contributed by atoms with Crippen molar-refractivity contribution in [1.29, 1.82) is 0 Å². The third-order valence-corrected chi connectivity index (χ3v) is 6.77. The monoisotopic (exact) mass is 421 g/mol. The van der Waals surface area contributed by atoms with E-state index in [0.29, 0.717) is 16.5 Å². The van der Waals surface area contributed by atoms with Gasteiger partial charge in [-0.2, -0.15) is 0 Å². The summed E-state index contributed by atoms with van der Waals surface area (Å²) in [7, 11) is 0. The van der Waals surface area contributed by atoms with Crippen LogP contribution in [0.4, 0.5) is 5.69 Å². The minimum absolute atomic E-state index is 0.0561. The predicted molar refractivity (Wildman–Crippen MR) is 121 cm³/mol. The van der Waals surface area contributed by atoms with E-state index in [2.05, 4.69) is 43.4 Å². The molecular weight excluding hydrogens is 401 g/mol. The molecule has 2 aliphatic rings. The average molecular weight is 422 g/mol. The lowest BCUT2D eigenvalue weighted by atomic mass is 9.68. The van der Waals surface area contributed by atoms with Crippen molar-refractivity contribution in [1.82, 2.24) is 0 Å². The minimum Gasteiger partial charge on any atom is -0.358 e. The average Bonchev–Trinajstić information content (AvgIpc) is 2.67. The summed E-state index contributed by atoms with van der Waals surface area (Å²) >= 11 is 12.6. The number of hydrogen-bond donors (Lipinski definition) is 1. The molecule has 4 heteroatoms. The maximum atomic E-state index is 13.4. The van der Waals surface area contributed by atoms with E-state index in [-0.39, 0.29) is 17.1 Å². The van der Waals surface area contributed by atoms with E-state index < -0.39 is 0 Å². The first-order valence-electron chi connectivity index (χ1n) is 9.84. The Morgan fingerprint density at radius 1 is 0.966 bits per heavy atom. The Kier molecular flexibility index (Phi) is 4.27. The zero-order chi connectivity index (χ0) is 20.3. The third-order valence-electron chi connectivity index (χ3n) is 6.03. The van der Waals surface area contributed by atoms with Crippen molar-refractivity contribution in [2.75, 3.05) is 5.32 Å². The SMILES string of the molecule is CC1(C)CC(=O)C2=C(C1)Nc1ccc3ccccc3c1C2c1ccc(Cl)c(Cl)c1. The number of halogens is 2. The van der Waals surface area contributed by atoms with Gasteiger partial charge in [-0.15, -0.1) is 0 Å². The van der Waals surface area contributed by atoms with Crippen molar-refractivity contribution in [2.45, 2.75) is 32.6 Å². The van der Waals surface area contributed by atoms with E-state index in [9.17, 15) is 4.79 Å². The van der Waals surface area contributed by atoms with Crippen LogP contribution in [0.3, 0.4) is 0 Å². The quantitative estimate of drug-likeness (QED) is 0.444. The number of rotatable bonds is 1. The molecule has 0 spiro atoms. The van der Waals surface area contributed by atoms with Crippen LogP contribution in [0.25, 0.3) is 10.8 Å². The van der Waals surface area contributed by atoms with Crippen molar-refractivity contribution in [3.05, 3.63) is 87.0 Å². The maximum absolute atomic E-state index is 13.4. The lowest BCUT2D eigenvalue weighted by molar-refractivity contribution is -0.118. The molecular formula is C25H21Cl2NO. The lowest BCUT2D eigenvalue weighted by Gasteiger charge is -2.40. The Hall–Kier alpha value is -2.29. The number of benzene rings is 3. The fourth-order valence-electron chi connectivity index (χ4n) is 4.83. The highest BCUT2D eigenvalue weighted by molar-refractivity contribution is 6.42. The molecule has 0 saturated heterocycles. The second kappa shape index (κ2) is 6.62. The Morgan fingerprint density at radius 2 is 1.76 bits per heavy atom. The molecule has 1 heterocycles. The molecule has 3 aromatic rings. The van der Waals surface area contributed by atoms with Gasteiger partial charge in [0.1, 0.15) is 0 Å². The van der Waals surface area contributed by atoms with Gasteiger partial charge >= 0.3 is 0 Å². The molecule has 146 valence electrons. The summed E-state index contributed by atoms with van der Waals surface area (Å²) in [5, 5.41) is 6.94. The van der Waals surface area contributed by atoms with Crippen LogP contribution in [0.2, 0.25) is 10.0 Å². The summed E-state index contributed by atoms with van der Waals surface area (Å²) in [6.45, 7) is 4.31. The highest BCUT2D eigenvalue weighted by Crippen LogP contribution is 2.51. The molecule has 0 radical (unpaired) electrons. The molecule has 0 saturated carbocycles. The topological polar surface area (TPSA) is 29.1 Å². The Bertz CT molecular complexity index is 1210. The molecule has 2 nitrogen and oxygen atoms in total. The molecule has 1 aliphatic heterocycles. The number of carbonyl (C=O) groups excluding carboxylic acids is 1. The van der Waals surface area contributed by atoms with Crippen molar-refractivity contribution in [3.63, 3.8) is 0 Å². The van der Waals surface area contributed by atoms with Gasteiger partial charge < -0.3 is 5.32 Å². The third kappa shape index (κ3) is 3.06. The van der Waals surface area contributed by atoms with E-state index in [0.717, 1.165) is 45.3 Å². The molecule has 1 atom stereocenters. The van der Waals surface area contributed by atoms with Crippen LogP contribution in [-0.2, 0) is 4.79 Å². The number of anilines is 1. The lowest BCUT2D eigenvalue weighted by Crippen LogP contribution is -2.33. The molecule has 5 rings (SSSR count). The second-order valence-electron chi connectivity index (χ2n) is 8.81. The molecule has 0 amide bonds. The van der Waals surface area contributed by atoms with Crippen LogP contribution in [0.5, 0.6) is 0 Å². The van der Waals surface area contributed by atoms with Crippen LogP contribution in [-0.4, -0.2) is 5.78 Å². The van der Waals surface area contributed by atoms with Gasteiger partial charge in [0.05, 0.1) is 10.0 Å². The predicted octanol–water partition coefficient (Wildman–Crippen LogP) is 7.35. The number of nitrogens with one attached hydrogen (secondary N) is 1. The zero-order valence-electron chi connectivity index (χ0n) is 16.4. The highest BCUT2D eigenvalue weighted by Gasteiger charge is 2.41. The molecule has 0 aromatic heterocycles. The van der Waals surface area contributed by atoms with Gasteiger partial charge in [-0.1, -0.05) is 73.4 Å². The fourth-order valence-corrected chi connectivity index (χ4v) is 5.14. The summed E-state index contributed by atoms with van der Waals surface area (Å²) in [5.41, 5.74) is 5.03. The number of allylic oxidation sites excluding steroid dienone is 2. The van der Waals surface area contributed by atoms with Crippen LogP contribution in [0, 0.1) is 5.41 Å². The first kappa shape index (κ1) is 18.7. The summed E-state index contributed by atoms with van der Waals surface area (Å²) in [6.07, 6.45) is 1.39. The summed E-state index contributed by atoms with van der Waals surface area (Å²) in [5.74, 6) is 0.0455. The van der Waals surface area contributed by atoms with Crippen molar-refractivity contribution in [2.24, 2.45) is 5.41 Å². The van der Waals surface area contributed by atoms with Crippen LogP contribution in [0.1, 0.15) is 43.7 Å². The van der Waals surface area contributed by atoms with Gasteiger partial charge in [0.15, 0.2) is 5.78 Å². The number of ketones is 1. The first-order chi connectivity index (χ1) is 13.8. The number of carbonyl (C=O) groups is 1. The zero-order valence-corrected chi connectivity index (χ0v) is 17.9. The van der Waals surface area contributed by atoms with E-state index in [4.69, 9.17) is 23.2 Å². The number of hydrogen-bond acceptors (Lipinski definition) is 2. The van der Waals surface area contributed by atoms with Crippen molar-refractivity contribution < 1.29 is 4.79 Å². The van der Waals surface area contributed by atoms with Gasteiger partial charge in [-0.05, 0) is 51.9 Å². The minimum atomic E-state index is -0.161. The van der Waals surface area contributed by atoms with Gasteiger partial charge in [-0.25, -0.2) is 0 Å². The standard InChI is InChI=1S/C25H21Cl2NO/c1-25(2)12-20-24(21(29)13-25)22(15-7-9-17(26)18(27)11-15)23-16-6-4-3-5-14(16)8-10-19(23)28-20/h3-11,22,28H,12-13H2,1-2H3. The Morgan fingerprint density at radius 3 is 2.55 bits per heavy atom. The van der Waals surface area contributed by atoms with E-state index >= 15 is 0 Å². The first-order valence-corrected chi connectivity index (χ1v) is 10.6. The molecule has 29 heavy (non-hydrogen) atoms. The summed E-state index contributed by atoms with van der Waals surface area (Å²) < 4.78 is 0. The van der Waals surface area contributed by atoms with Crippen LogP contribution >= 0.6 is 23.2 Å². The van der Waals surface area contributed by atoms with E-state index in [1.54, 1.807) is 0 Å². The Labute approximate surface area is 180 Å². The van der Waals surface area contributed by atoms with Crippen molar-refractivity contribution in [3.8, 4) is 0 Å². The van der Waals surface area contributed by atoms with Gasteiger partial charge in [0.25, 0.3) is 0 Å². The number of Topliss-reactive ketones (excluding diaryl/α,β-unsaturated/α-hetero) is 1. The normalized spacial score (nSPS) is 20.3. The van der Waals surface area contributed by atoms with Crippen molar-refractivity contribution >= 4 is 45.4 Å². The molecule has 1 unspecified atom stereocenters. The molecule has 1 N–H and O–H groups in total. The maximum Gasteiger partial charge on any atom is 0.162 e. The number of fused-ring (bicyclic) bond motifs is 3.